The lowest BCUT2D eigenvalue weighted by atomic mass is 10.4. The van der Waals surface area contributed by atoms with Crippen molar-refractivity contribution in [2.75, 3.05) is 32.7 Å². The molecular formula is C9H16N4O. The summed E-state index contributed by atoms with van der Waals surface area (Å²) < 4.78 is 5.48. The quantitative estimate of drug-likeness (QED) is 0.524. The zero-order valence-corrected chi connectivity index (χ0v) is 8.53. The summed E-state index contributed by atoms with van der Waals surface area (Å²) in [5.74, 6) is 6.60. The number of nitrogens with one attached hydrogen (secondary N) is 1. The molecule has 1 aromatic rings. The van der Waals surface area contributed by atoms with Gasteiger partial charge in [-0.15, -0.1) is 0 Å². The van der Waals surface area contributed by atoms with Crippen molar-refractivity contribution in [3.05, 3.63) is 18.3 Å². The fraction of sp³-hybridized carbons (Fsp3) is 0.444. The first-order chi connectivity index (χ1) is 6.72. The highest BCUT2D eigenvalue weighted by Crippen LogP contribution is 2.13. The fourth-order valence-electron chi connectivity index (χ4n) is 0.926. The van der Waals surface area contributed by atoms with Crippen molar-refractivity contribution in [3.63, 3.8) is 0 Å². The van der Waals surface area contributed by atoms with Crippen LogP contribution in [0.2, 0.25) is 0 Å². The molecule has 0 atom stereocenters. The smallest absolute Gasteiger partial charge is 0.143 e. The minimum atomic E-state index is 0.604. The van der Waals surface area contributed by atoms with Gasteiger partial charge < -0.3 is 15.1 Å². The third kappa shape index (κ3) is 3.59. The van der Waals surface area contributed by atoms with Crippen molar-refractivity contribution >= 4 is 5.82 Å². The summed E-state index contributed by atoms with van der Waals surface area (Å²) >= 11 is 0. The molecule has 1 rings (SSSR count). The third-order valence-corrected chi connectivity index (χ3v) is 1.69. The summed E-state index contributed by atoms with van der Waals surface area (Å²) in [6.07, 6.45) is 1.65. The van der Waals surface area contributed by atoms with E-state index in [1.54, 1.807) is 18.3 Å². The largest absolute Gasteiger partial charge is 0.492 e. The molecule has 3 N–H and O–H groups in total. The molecule has 0 radical (unpaired) electrons. The highest BCUT2D eigenvalue weighted by molar-refractivity contribution is 5.39. The van der Waals surface area contributed by atoms with E-state index in [1.807, 2.05) is 14.1 Å². The molecule has 0 fully saturated rings. The van der Waals surface area contributed by atoms with E-state index in [0.29, 0.717) is 12.4 Å². The van der Waals surface area contributed by atoms with E-state index in [2.05, 4.69) is 15.3 Å². The molecule has 14 heavy (non-hydrogen) atoms. The second-order valence-electron chi connectivity index (χ2n) is 3.17. The topological polar surface area (TPSA) is 63.4 Å². The highest BCUT2D eigenvalue weighted by atomic mass is 16.5. The van der Waals surface area contributed by atoms with E-state index in [9.17, 15) is 0 Å². The fourth-order valence-corrected chi connectivity index (χ4v) is 0.926. The molecule has 0 unspecified atom stereocenters. The van der Waals surface area contributed by atoms with Crippen molar-refractivity contribution < 1.29 is 4.74 Å². The lowest BCUT2D eigenvalue weighted by Gasteiger charge is -2.11. The summed E-state index contributed by atoms with van der Waals surface area (Å²) in [5.41, 5.74) is 2.47. The number of rotatable bonds is 5. The first kappa shape index (κ1) is 10.7. The van der Waals surface area contributed by atoms with Crippen LogP contribution in [0.3, 0.4) is 0 Å². The SMILES string of the molecule is CN(C)CCOc1ccnc(NN)c1. The van der Waals surface area contributed by atoms with Crippen LogP contribution in [-0.2, 0) is 0 Å². The van der Waals surface area contributed by atoms with Gasteiger partial charge in [0.1, 0.15) is 18.2 Å². The maximum Gasteiger partial charge on any atom is 0.143 e. The Kier molecular flexibility index (Phi) is 4.15. The summed E-state index contributed by atoms with van der Waals surface area (Å²) in [6.45, 7) is 1.54. The van der Waals surface area contributed by atoms with E-state index >= 15 is 0 Å². The Bertz CT molecular complexity index is 277. The molecule has 0 saturated heterocycles. The highest BCUT2D eigenvalue weighted by Gasteiger charge is 1.96. The third-order valence-electron chi connectivity index (χ3n) is 1.69. The van der Waals surface area contributed by atoms with Crippen molar-refractivity contribution in [1.82, 2.24) is 9.88 Å². The van der Waals surface area contributed by atoms with Crippen LogP contribution >= 0.6 is 0 Å². The van der Waals surface area contributed by atoms with Gasteiger partial charge in [0.25, 0.3) is 0 Å². The number of nitrogens with two attached hydrogens (primary N) is 1. The molecule has 0 aliphatic carbocycles. The summed E-state index contributed by atoms with van der Waals surface area (Å²) in [4.78, 5) is 6.03. The zero-order valence-electron chi connectivity index (χ0n) is 8.53. The number of nitrogen functional groups attached to an aromatic ring is 1. The molecule has 5 heteroatoms. The van der Waals surface area contributed by atoms with Gasteiger partial charge in [-0.05, 0) is 20.2 Å². The molecule has 0 aliphatic rings. The van der Waals surface area contributed by atoms with Crippen LogP contribution < -0.4 is 16.0 Å². The van der Waals surface area contributed by atoms with Gasteiger partial charge in [0.2, 0.25) is 0 Å². The number of ether oxygens (including phenoxy) is 1. The monoisotopic (exact) mass is 196 g/mol. The minimum Gasteiger partial charge on any atom is -0.492 e. The summed E-state index contributed by atoms with van der Waals surface area (Å²) in [5, 5.41) is 0. The average molecular weight is 196 g/mol. The number of anilines is 1. The predicted molar refractivity (Wildman–Crippen MR) is 56.1 cm³/mol. The molecule has 1 heterocycles. The number of hydrazine groups is 1. The lowest BCUT2D eigenvalue weighted by molar-refractivity contribution is 0.261. The lowest BCUT2D eigenvalue weighted by Crippen LogP contribution is -2.19. The van der Waals surface area contributed by atoms with Crippen LogP contribution in [0.15, 0.2) is 18.3 Å². The van der Waals surface area contributed by atoms with Gasteiger partial charge in [-0.25, -0.2) is 10.8 Å². The van der Waals surface area contributed by atoms with Gasteiger partial charge in [0.15, 0.2) is 0 Å². The van der Waals surface area contributed by atoms with E-state index in [1.165, 1.54) is 0 Å². The van der Waals surface area contributed by atoms with Gasteiger partial charge in [-0.1, -0.05) is 0 Å². The number of hydrogen-bond donors (Lipinski definition) is 2. The number of hydrogen-bond acceptors (Lipinski definition) is 5. The molecule has 0 spiro atoms. The van der Waals surface area contributed by atoms with Crippen molar-refractivity contribution in [1.29, 1.82) is 0 Å². The molecule has 0 aliphatic heterocycles. The Labute approximate surface area is 83.8 Å². The zero-order chi connectivity index (χ0) is 10.4. The van der Waals surface area contributed by atoms with Gasteiger partial charge in [-0.2, -0.15) is 0 Å². The number of pyridine rings is 1. The number of nitrogens with zero attached hydrogens (tertiary/aromatic N) is 2. The van der Waals surface area contributed by atoms with E-state index in [-0.39, 0.29) is 0 Å². The van der Waals surface area contributed by atoms with Gasteiger partial charge >= 0.3 is 0 Å². The standard InChI is InChI=1S/C9H16N4O/c1-13(2)5-6-14-8-3-4-11-9(7-8)12-10/h3-4,7H,5-6,10H2,1-2H3,(H,11,12). The van der Waals surface area contributed by atoms with E-state index in [4.69, 9.17) is 10.6 Å². The molecular weight excluding hydrogens is 180 g/mol. The minimum absolute atomic E-state index is 0.604. The first-order valence-electron chi connectivity index (χ1n) is 4.42. The number of aromatic nitrogens is 1. The molecule has 0 bridgehead atoms. The normalized spacial score (nSPS) is 10.3. The molecule has 0 amide bonds. The van der Waals surface area contributed by atoms with Gasteiger partial charge in [-0.3, -0.25) is 0 Å². The van der Waals surface area contributed by atoms with Crippen LogP contribution in [0.4, 0.5) is 5.82 Å². The van der Waals surface area contributed by atoms with Crippen molar-refractivity contribution in [2.24, 2.45) is 5.84 Å². The summed E-state index contributed by atoms with van der Waals surface area (Å²) in [6, 6.07) is 3.56. The Hall–Kier alpha value is -1.33. The van der Waals surface area contributed by atoms with E-state index in [0.717, 1.165) is 12.3 Å². The van der Waals surface area contributed by atoms with Crippen LogP contribution in [0, 0.1) is 0 Å². The maximum atomic E-state index is 5.48. The second kappa shape index (κ2) is 5.41. The van der Waals surface area contributed by atoms with Crippen molar-refractivity contribution in [3.8, 4) is 5.75 Å². The molecule has 78 valence electrons. The Balaban J connectivity index is 2.42. The maximum absolute atomic E-state index is 5.48. The van der Waals surface area contributed by atoms with Crippen LogP contribution in [0.5, 0.6) is 5.75 Å². The second-order valence-corrected chi connectivity index (χ2v) is 3.17. The van der Waals surface area contributed by atoms with E-state index < -0.39 is 0 Å². The van der Waals surface area contributed by atoms with Crippen LogP contribution in [-0.4, -0.2) is 37.1 Å². The number of likely N-dealkylation sites (N-methyl/N-ethyl adjacent to an activating group) is 1. The van der Waals surface area contributed by atoms with Crippen LogP contribution in [0.25, 0.3) is 0 Å². The van der Waals surface area contributed by atoms with Crippen molar-refractivity contribution in [2.45, 2.75) is 0 Å². The molecule has 5 nitrogen and oxygen atoms in total. The Morgan fingerprint density at radius 3 is 3.00 bits per heavy atom. The average Bonchev–Trinajstić information content (AvgIpc) is 2.18. The Morgan fingerprint density at radius 2 is 2.36 bits per heavy atom. The Morgan fingerprint density at radius 1 is 1.57 bits per heavy atom. The van der Waals surface area contributed by atoms with Gasteiger partial charge in [0.05, 0.1) is 0 Å². The summed E-state index contributed by atoms with van der Waals surface area (Å²) in [7, 11) is 4.01. The molecule has 0 aromatic carbocycles. The molecule has 0 saturated carbocycles. The van der Waals surface area contributed by atoms with Crippen LogP contribution in [0.1, 0.15) is 0 Å². The van der Waals surface area contributed by atoms with Gasteiger partial charge in [0, 0.05) is 18.8 Å². The predicted octanol–water partition coefficient (Wildman–Crippen LogP) is 0.308. The molecule has 1 aromatic heterocycles. The first-order valence-corrected chi connectivity index (χ1v) is 4.42.